The highest BCUT2D eigenvalue weighted by molar-refractivity contribution is 5.53. The van der Waals surface area contributed by atoms with Gasteiger partial charge in [-0.3, -0.25) is 4.98 Å². The molecule has 5 nitrogen and oxygen atoms in total. The van der Waals surface area contributed by atoms with Gasteiger partial charge in [0.15, 0.2) is 5.82 Å². The summed E-state index contributed by atoms with van der Waals surface area (Å²) in [5, 5.41) is 4.05. The summed E-state index contributed by atoms with van der Waals surface area (Å²) in [7, 11) is 0. The van der Waals surface area contributed by atoms with Crippen molar-refractivity contribution < 1.29 is 9.26 Å². The predicted octanol–water partition coefficient (Wildman–Crippen LogP) is 2.25. The van der Waals surface area contributed by atoms with Crippen molar-refractivity contribution in [3.8, 4) is 11.5 Å². The van der Waals surface area contributed by atoms with Crippen molar-refractivity contribution in [2.75, 3.05) is 13.2 Å². The third-order valence-corrected chi connectivity index (χ3v) is 3.07. The van der Waals surface area contributed by atoms with Crippen LogP contribution in [0.15, 0.2) is 16.7 Å². The molecule has 0 radical (unpaired) electrons. The lowest BCUT2D eigenvalue weighted by Crippen LogP contribution is -1.99. The van der Waals surface area contributed by atoms with E-state index in [4.69, 9.17) is 9.26 Å². The zero-order valence-corrected chi connectivity index (χ0v) is 10.5. The van der Waals surface area contributed by atoms with Crippen molar-refractivity contribution in [2.24, 2.45) is 0 Å². The van der Waals surface area contributed by atoms with E-state index >= 15 is 0 Å². The first-order valence-electron chi connectivity index (χ1n) is 6.09. The molecule has 0 bridgehead atoms. The number of nitrogens with zero attached hydrogens (tertiary/aromatic N) is 3. The highest BCUT2D eigenvalue weighted by Gasteiger charge is 2.23. The van der Waals surface area contributed by atoms with Crippen LogP contribution in [0.4, 0.5) is 0 Å². The Morgan fingerprint density at radius 2 is 1.94 bits per heavy atom. The zero-order valence-electron chi connectivity index (χ0n) is 10.5. The molecule has 3 heterocycles. The number of aromatic nitrogens is 3. The maximum atomic E-state index is 5.33. The van der Waals surface area contributed by atoms with Crippen LogP contribution in [0.5, 0.6) is 0 Å². The number of aryl methyl sites for hydroxylation is 2. The van der Waals surface area contributed by atoms with Crippen LogP contribution in [0.1, 0.15) is 29.6 Å². The quantitative estimate of drug-likeness (QED) is 0.812. The van der Waals surface area contributed by atoms with E-state index < -0.39 is 0 Å². The summed E-state index contributed by atoms with van der Waals surface area (Å²) in [5.41, 5.74) is 2.83. The molecular formula is C13H15N3O2. The molecule has 2 aromatic rings. The number of hydrogen-bond acceptors (Lipinski definition) is 5. The highest BCUT2D eigenvalue weighted by Crippen LogP contribution is 2.25. The molecule has 1 atom stereocenters. The fourth-order valence-corrected chi connectivity index (χ4v) is 2.21. The fraction of sp³-hybridized carbons (Fsp3) is 0.462. The summed E-state index contributed by atoms with van der Waals surface area (Å²) < 4.78 is 10.7. The lowest BCUT2D eigenvalue weighted by Gasteiger charge is -1.99. The first-order valence-corrected chi connectivity index (χ1v) is 6.09. The third-order valence-electron chi connectivity index (χ3n) is 3.07. The molecule has 1 saturated heterocycles. The van der Waals surface area contributed by atoms with Crippen LogP contribution in [0.3, 0.4) is 0 Å². The van der Waals surface area contributed by atoms with Crippen LogP contribution in [0.2, 0.25) is 0 Å². The standard InChI is InChI=1S/C13H15N3O2/c1-8-5-11(6-9(2)14-8)13-15-12(16-18-13)10-3-4-17-7-10/h5-6,10H,3-4,7H2,1-2H3/t10-/m1/s1. The van der Waals surface area contributed by atoms with Crippen LogP contribution in [-0.4, -0.2) is 28.3 Å². The molecule has 1 fully saturated rings. The molecule has 1 aliphatic rings. The van der Waals surface area contributed by atoms with E-state index in [0.29, 0.717) is 12.5 Å². The third kappa shape index (κ3) is 2.13. The fourth-order valence-electron chi connectivity index (χ4n) is 2.21. The van der Waals surface area contributed by atoms with E-state index in [1.165, 1.54) is 0 Å². The van der Waals surface area contributed by atoms with Crippen molar-refractivity contribution in [2.45, 2.75) is 26.2 Å². The van der Waals surface area contributed by atoms with E-state index in [1.807, 2.05) is 26.0 Å². The van der Waals surface area contributed by atoms with Crippen molar-refractivity contribution in [3.05, 3.63) is 29.3 Å². The minimum Gasteiger partial charge on any atom is -0.381 e. The summed E-state index contributed by atoms with van der Waals surface area (Å²) in [5.74, 6) is 1.58. The SMILES string of the molecule is Cc1cc(-c2nc([C@@H]3CCOC3)no2)cc(C)n1. The highest BCUT2D eigenvalue weighted by atomic mass is 16.5. The predicted molar refractivity (Wildman–Crippen MR) is 65.2 cm³/mol. The smallest absolute Gasteiger partial charge is 0.258 e. The molecule has 1 aliphatic heterocycles. The molecule has 0 aromatic carbocycles. The lowest BCUT2D eigenvalue weighted by molar-refractivity contribution is 0.192. The number of ether oxygens (including phenoxy) is 1. The van der Waals surface area contributed by atoms with E-state index in [-0.39, 0.29) is 5.92 Å². The van der Waals surface area contributed by atoms with Crippen LogP contribution in [0.25, 0.3) is 11.5 Å². The van der Waals surface area contributed by atoms with Gasteiger partial charge in [-0.15, -0.1) is 0 Å². The average Bonchev–Trinajstić information content (AvgIpc) is 2.99. The maximum Gasteiger partial charge on any atom is 0.258 e. The molecule has 5 heteroatoms. The summed E-state index contributed by atoms with van der Waals surface area (Å²) >= 11 is 0. The molecule has 0 unspecified atom stereocenters. The Hall–Kier alpha value is -1.75. The number of rotatable bonds is 2. The Labute approximate surface area is 105 Å². The molecule has 0 saturated carbocycles. The Morgan fingerprint density at radius 1 is 1.17 bits per heavy atom. The molecule has 0 aliphatic carbocycles. The van der Waals surface area contributed by atoms with Gasteiger partial charge in [-0.25, -0.2) is 0 Å². The van der Waals surface area contributed by atoms with Crippen molar-refractivity contribution in [3.63, 3.8) is 0 Å². The second-order valence-electron chi connectivity index (χ2n) is 4.66. The Kier molecular flexibility index (Phi) is 2.83. The first-order chi connectivity index (χ1) is 8.72. The van der Waals surface area contributed by atoms with Gasteiger partial charge in [0.05, 0.1) is 6.61 Å². The molecule has 18 heavy (non-hydrogen) atoms. The topological polar surface area (TPSA) is 61.0 Å². The summed E-state index contributed by atoms with van der Waals surface area (Å²) in [6.45, 7) is 5.38. The van der Waals surface area contributed by atoms with Gasteiger partial charge in [0, 0.05) is 29.5 Å². The minimum atomic E-state index is 0.270. The molecule has 2 aromatic heterocycles. The van der Waals surface area contributed by atoms with Crippen LogP contribution in [-0.2, 0) is 4.74 Å². The lowest BCUT2D eigenvalue weighted by atomic mass is 10.1. The van der Waals surface area contributed by atoms with Gasteiger partial charge in [-0.1, -0.05) is 5.16 Å². The van der Waals surface area contributed by atoms with E-state index in [0.717, 1.165) is 35.8 Å². The molecule has 0 amide bonds. The van der Waals surface area contributed by atoms with Crippen molar-refractivity contribution in [1.82, 2.24) is 15.1 Å². The summed E-state index contributed by atoms with van der Waals surface area (Å²) in [6, 6.07) is 3.91. The first kappa shape index (κ1) is 11.3. The Balaban J connectivity index is 1.92. The molecule has 94 valence electrons. The summed E-state index contributed by atoms with van der Waals surface area (Å²) in [4.78, 5) is 8.79. The molecule has 0 N–H and O–H groups in total. The van der Waals surface area contributed by atoms with Gasteiger partial charge in [0.25, 0.3) is 5.89 Å². The monoisotopic (exact) mass is 245 g/mol. The number of pyridine rings is 1. The van der Waals surface area contributed by atoms with E-state index in [2.05, 4.69) is 15.1 Å². The maximum absolute atomic E-state index is 5.33. The van der Waals surface area contributed by atoms with Crippen LogP contribution in [0, 0.1) is 13.8 Å². The molecule has 0 spiro atoms. The van der Waals surface area contributed by atoms with Gasteiger partial charge in [-0.2, -0.15) is 4.98 Å². The number of hydrogen-bond donors (Lipinski definition) is 0. The normalized spacial score (nSPS) is 19.3. The Morgan fingerprint density at radius 3 is 2.61 bits per heavy atom. The second kappa shape index (κ2) is 4.49. The zero-order chi connectivity index (χ0) is 12.5. The Bertz CT molecular complexity index is 539. The van der Waals surface area contributed by atoms with Gasteiger partial charge < -0.3 is 9.26 Å². The van der Waals surface area contributed by atoms with Crippen molar-refractivity contribution in [1.29, 1.82) is 0 Å². The van der Waals surface area contributed by atoms with Gasteiger partial charge in [0.2, 0.25) is 0 Å². The van der Waals surface area contributed by atoms with Gasteiger partial charge in [0.1, 0.15) is 0 Å². The molecule has 3 rings (SSSR count). The molecular weight excluding hydrogens is 230 g/mol. The van der Waals surface area contributed by atoms with Crippen LogP contribution < -0.4 is 0 Å². The second-order valence-corrected chi connectivity index (χ2v) is 4.66. The van der Waals surface area contributed by atoms with Crippen LogP contribution >= 0.6 is 0 Å². The summed E-state index contributed by atoms with van der Waals surface area (Å²) in [6.07, 6.45) is 0.966. The van der Waals surface area contributed by atoms with Crippen molar-refractivity contribution >= 4 is 0 Å². The minimum absolute atomic E-state index is 0.270. The van der Waals surface area contributed by atoms with E-state index in [9.17, 15) is 0 Å². The van der Waals surface area contributed by atoms with E-state index in [1.54, 1.807) is 0 Å². The largest absolute Gasteiger partial charge is 0.381 e. The average molecular weight is 245 g/mol. The van der Waals surface area contributed by atoms with Gasteiger partial charge >= 0.3 is 0 Å². The van der Waals surface area contributed by atoms with Gasteiger partial charge in [-0.05, 0) is 32.4 Å².